The Bertz CT molecular complexity index is 1060. The molecule has 1 N–H and O–H groups in total. The van der Waals surface area contributed by atoms with Crippen molar-refractivity contribution in [3.63, 3.8) is 0 Å². The molecule has 0 saturated carbocycles. The van der Waals surface area contributed by atoms with E-state index in [4.69, 9.17) is 23.2 Å². The number of fused-ring (bicyclic) bond motifs is 1. The lowest BCUT2D eigenvalue weighted by Gasteiger charge is -2.36. The molecule has 0 spiro atoms. The van der Waals surface area contributed by atoms with Crippen molar-refractivity contribution in [2.75, 3.05) is 11.4 Å². The first kappa shape index (κ1) is 20.7. The summed E-state index contributed by atoms with van der Waals surface area (Å²) in [5.41, 5.74) is 1.10. The van der Waals surface area contributed by atoms with Crippen LogP contribution in [0.1, 0.15) is 31.4 Å². The topological polar surface area (TPSA) is 69.7 Å². The average Bonchev–Trinajstić information content (AvgIpc) is 2.93. The largest absolute Gasteiger partial charge is 0.325 e. The molecule has 156 valence electrons. The first-order chi connectivity index (χ1) is 14.2. The molecule has 2 atom stereocenters. The van der Waals surface area contributed by atoms with Crippen LogP contribution in [0.2, 0.25) is 10.0 Å². The van der Waals surface area contributed by atoms with Crippen LogP contribution in [0.25, 0.3) is 0 Å². The number of rotatable bonds is 3. The molecular weight excluding hydrogens is 425 g/mol. The highest BCUT2D eigenvalue weighted by Crippen LogP contribution is 2.34. The predicted molar refractivity (Wildman–Crippen MR) is 116 cm³/mol. The minimum Gasteiger partial charge on any atom is -0.319 e. The Balaban J connectivity index is 1.60. The van der Waals surface area contributed by atoms with Crippen molar-refractivity contribution in [2.24, 2.45) is 0 Å². The molecule has 1 fully saturated rings. The van der Waals surface area contributed by atoms with Crippen LogP contribution < -0.4 is 10.2 Å². The van der Waals surface area contributed by atoms with E-state index in [1.807, 2.05) is 31.2 Å². The molecule has 0 radical (unpaired) electrons. The van der Waals surface area contributed by atoms with Crippen molar-refractivity contribution in [3.05, 3.63) is 63.6 Å². The number of urea groups is 1. The van der Waals surface area contributed by atoms with E-state index in [0.717, 1.165) is 29.0 Å². The molecule has 30 heavy (non-hydrogen) atoms. The number of aryl methyl sites for hydroxylation is 1. The van der Waals surface area contributed by atoms with Crippen molar-refractivity contribution >= 4 is 46.7 Å². The molecule has 4 rings (SSSR count). The Morgan fingerprint density at radius 1 is 1.17 bits per heavy atom. The summed E-state index contributed by atoms with van der Waals surface area (Å²) in [5.74, 6) is -0.797. The van der Waals surface area contributed by atoms with Gasteiger partial charge in [-0.05, 0) is 56.0 Å². The van der Waals surface area contributed by atoms with E-state index in [-0.39, 0.29) is 23.5 Å². The molecule has 8 heteroatoms. The molecular formula is C22H21Cl2N3O3. The van der Waals surface area contributed by atoms with Gasteiger partial charge in [0.1, 0.15) is 12.1 Å². The maximum atomic E-state index is 13.2. The summed E-state index contributed by atoms with van der Waals surface area (Å²) in [4.78, 5) is 41.6. The predicted octanol–water partition coefficient (Wildman–Crippen LogP) is 4.13. The van der Waals surface area contributed by atoms with Crippen molar-refractivity contribution in [1.82, 2.24) is 10.2 Å². The molecule has 1 saturated heterocycles. The first-order valence-corrected chi connectivity index (χ1v) is 10.5. The fraction of sp³-hybridized carbons (Fsp3) is 0.318. The number of para-hydroxylation sites is 1. The molecule has 2 heterocycles. The zero-order chi connectivity index (χ0) is 21.6. The number of benzene rings is 2. The Morgan fingerprint density at radius 2 is 1.90 bits per heavy atom. The first-order valence-electron chi connectivity index (χ1n) is 9.72. The highest BCUT2D eigenvalue weighted by Gasteiger charge is 2.50. The normalized spacial score (nSPS) is 23.4. The number of carbonyl (C=O) groups is 3. The molecule has 4 amide bonds. The summed E-state index contributed by atoms with van der Waals surface area (Å²) in [7, 11) is 0. The smallest absolute Gasteiger partial charge is 0.319 e. The van der Waals surface area contributed by atoms with Crippen molar-refractivity contribution in [2.45, 2.75) is 38.3 Å². The third-order valence-corrected chi connectivity index (χ3v) is 6.60. The van der Waals surface area contributed by atoms with Gasteiger partial charge in [0.2, 0.25) is 5.91 Å². The van der Waals surface area contributed by atoms with Crippen molar-refractivity contribution < 1.29 is 14.4 Å². The zero-order valence-corrected chi connectivity index (χ0v) is 18.1. The Morgan fingerprint density at radius 3 is 2.63 bits per heavy atom. The second-order valence-electron chi connectivity index (χ2n) is 7.86. The summed E-state index contributed by atoms with van der Waals surface area (Å²) in [6.07, 6.45) is 1.71. The van der Waals surface area contributed by atoms with Gasteiger partial charge in [-0.3, -0.25) is 14.5 Å². The highest BCUT2D eigenvalue weighted by atomic mass is 35.5. The molecule has 2 aromatic rings. The van der Waals surface area contributed by atoms with Gasteiger partial charge in [-0.15, -0.1) is 0 Å². The van der Waals surface area contributed by atoms with Crippen LogP contribution in [0.5, 0.6) is 0 Å². The van der Waals surface area contributed by atoms with E-state index < -0.39 is 17.5 Å². The summed E-state index contributed by atoms with van der Waals surface area (Å²) >= 11 is 12.1. The van der Waals surface area contributed by atoms with Gasteiger partial charge < -0.3 is 10.2 Å². The maximum absolute atomic E-state index is 13.2. The van der Waals surface area contributed by atoms with Gasteiger partial charge in [0.05, 0.1) is 10.0 Å². The molecule has 2 unspecified atom stereocenters. The fourth-order valence-electron chi connectivity index (χ4n) is 4.12. The fourth-order valence-corrected chi connectivity index (χ4v) is 4.42. The lowest BCUT2D eigenvalue weighted by molar-refractivity contribution is -0.134. The van der Waals surface area contributed by atoms with Gasteiger partial charge in [0.15, 0.2) is 0 Å². The monoisotopic (exact) mass is 445 g/mol. The van der Waals surface area contributed by atoms with Gasteiger partial charge in [0.25, 0.3) is 5.91 Å². The number of carbonyl (C=O) groups excluding carboxylic acids is 3. The molecule has 0 bridgehead atoms. The SMILES string of the molecule is CC1CCc2ccccc2N1C(=O)CN1C(=O)NC(C)(c2ccc(Cl)c(Cl)c2)C1=O. The number of anilines is 1. The van der Waals surface area contributed by atoms with Gasteiger partial charge in [-0.25, -0.2) is 4.79 Å². The Hall–Kier alpha value is -2.57. The summed E-state index contributed by atoms with van der Waals surface area (Å²) in [5, 5.41) is 3.33. The summed E-state index contributed by atoms with van der Waals surface area (Å²) < 4.78 is 0. The summed E-state index contributed by atoms with van der Waals surface area (Å²) in [6, 6.07) is 11.9. The van der Waals surface area contributed by atoms with E-state index >= 15 is 0 Å². The van der Waals surface area contributed by atoms with Crippen LogP contribution in [0.3, 0.4) is 0 Å². The van der Waals surface area contributed by atoms with Gasteiger partial charge in [0, 0.05) is 11.7 Å². The summed E-state index contributed by atoms with van der Waals surface area (Å²) in [6.45, 7) is 3.23. The van der Waals surface area contributed by atoms with E-state index in [2.05, 4.69) is 5.32 Å². The molecule has 0 aromatic heterocycles. The number of nitrogens with zero attached hydrogens (tertiary/aromatic N) is 2. The van der Waals surface area contributed by atoms with Gasteiger partial charge in [-0.1, -0.05) is 47.5 Å². The Kier molecular flexibility index (Phi) is 5.24. The second kappa shape index (κ2) is 7.60. The minimum absolute atomic E-state index is 0.0189. The quantitative estimate of drug-likeness (QED) is 0.721. The molecule has 0 aliphatic carbocycles. The van der Waals surface area contributed by atoms with Crippen LogP contribution in [-0.4, -0.2) is 35.3 Å². The highest BCUT2D eigenvalue weighted by molar-refractivity contribution is 6.42. The number of imide groups is 1. The van der Waals surface area contributed by atoms with E-state index in [0.29, 0.717) is 10.6 Å². The molecule has 6 nitrogen and oxygen atoms in total. The lowest BCUT2D eigenvalue weighted by atomic mass is 9.92. The van der Waals surface area contributed by atoms with Crippen LogP contribution in [0.4, 0.5) is 10.5 Å². The van der Waals surface area contributed by atoms with Gasteiger partial charge in [-0.2, -0.15) is 0 Å². The van der Waals surface area contributed by atoms with E-state index in [1.165, 1.54) is 0 Å². The molecule has 2 aliphatic rings. The number of hydrogen-bond donors (Lipinski definition) is 1. The third-order valence-electron chi connectivity index (χ3n) is 5.86. The number of amides is 4. The molecule has 2 aromatic carbocycles. The Labute approximate surface area is 184 Å². The zero-order valence-electron chi connectivity index (χ0n) is 16.6. The van der Waals surface area contributed by atoms with Crippen LogP contribution in [-0.2, 0) is 21.5 Å². The number of hydrogen-bond acceptors (Lipinski definition) is 3. The average molecular weight is 446 g/mol. The third kappa shape index (κ3) is 3.34. The number of nitrogens with one attached hydrogen (secondary N) is 1. The van der Waals surface area contributed by atoms with Crippen LogP contribution >= 0.6 is 23.2 Å². The van der Waals surface area contributed by atoms with Crippen LogP contribution in [0.15, 0.2) is 42.5 Å². The molecule has 2 aliphatic heterocycles. The van der Waals surface area contributed by atoms with Crippen LogP contribution in [0, 0.1) is 0 Å². The minimum atomic E-state index is -1.32. The number of halogens is 2. The van der Waals surface area contributed by atoms with E-state index in [1.54, 1.807) is 30.0 Å². The second-order valence-corrected chi connectivity index (χ2v) is 8.67. The van der Waals surface area contributed by atoms with Crippen molar-refractivity contribution in [3.8, 4) is 0 Å². The van der Waals surface area contributed by atoms with Gasteiger partial charge >= 0.3 is 6.03 Å². The lowest BCUT2D eigenvalue weighted by Crippen LogP contribution is -2.49. The van der Waals surface area contributed by atoms with E-state index in [9.17, 15) is 14.4 Å². The standard InChI is InChI=1S/C22H21Cl2N3O3/c1-13-7-8-14-5-3-4-6-18(14)27(13)19(28)12-26-20(29)22(2,25-21(26)30)15-9-10-16(23)17(24)11-15/h3-6,9-11,13H,7-8,12H2,1-2H3,(H,25,30). The maximum Gasteiger partial charge on any atom is 0.325 e. The van der Waals surface area contributed by atoms with Crippen molar-refractivity contribution in [1.29, 1.82) is 0 Å².